The number of hydrogen-bond acceptors (Lipinski definition) is 8. The predicted octanol–water partition coefficient (Wildman–Crippen LogP) is 19.3. The second-order valence-corrected chi connectivity index (χ2v) is 22.6. The van der Waals surface area contributed by atoms with E-state index in [0.717, 1.165) is 128 Å². The van der Waals surface area contributed by atoms with Crippen LogP contribution in [0, 0.1) is 0 Å². The molecule has 0 aliphatic heterocycles. The van der Waals surface area contributed by atoms with Crippen molar-refractivity contribution in [1.82, 2.24) is 0 Å². The van der Waals surface area contributed by atoms with Gasteiger partial charge in [0.15, 0.2) is 12.4 Å². The maximum atomic E-state index is 12.9. The molecule has 9 nitrogen and oxygen atoms in total. The highest BCUT2D eigenvalue weighted by atomic mass is 16.7. The van der Waals surface area contributed by atoms with E-state index >= 15 is 0 Å². The molecule has 0 saturated heterocycles. The Hall–Kier alpha value is -5.35. The Morgan fingerprint density at radius 1 is 0.353 bits per heavy atom. The topological polar surface area (TPSA) is 111 Å². The molecule has 9 heteroatoms. The zero-order valence-electron chi connectivity index (χ0n) is 54.4. The number of unbranched alkanes of at least 4 members (excludes halogenated alkanes) is 16. The molecule has 0 fully saturated rings. The van der Waals surface area contributed by atoms with Crippen molar-refractivity contribution in [3.63, 3.8) is 0 Å². The number of carboxylic acids is 1. The lowest BCUT2D eigenvalue weighted by molar-refractivity contribution is -0.870. The van der Waals surface area contributed by atoms with Crippen LogP contribution < -0.4 is 5.11 Å². The molecule has 0 aliphatic rings. The minimum Gasteiger partial charge on any atom is -0.545 e. The van der Waals surface area contributed by atoms with Gasteiger partial charge in [0.05, 0.1) is 40.3 Å². The van der Waals surface area contributed by atoms with Gasteiger partial charge in [-0.2, -0.15) is 0 Å². The standard InChI is InChI=1S/C76H121NO8/c1-6-8-10-12-14-16-18-20-22-24-26-28-30-32-33-34-35-36-37-38-39-40-41-43-45-47-49-51-53-55-57-59-61-63-65-67-74(79)85-72(71-84-76(75(80)81)82-69-68-77(3,4)5)70-83-73(78)66-64-62-60-58-56-54-52-50-48-46-44-42-31-29-27-25-23-21-19-17-15-13-11-9-7-2/h8-11,14-17,20-23,26-29,32-33,35-36,38-39,42,44,48,50,54,56,72,76H,6-7,12-13,18-19,24-25,30-31,34,37,40-41,43,45-47,49,51-53,55,57-71H2,1-5H3/b10-8-,11-9-,16-14-,17-15-,22-20-,23-21-,28-26-,29-27-,33-32-,36-35-,39-38-,44-42-,50-48-,56-54-. The summed E-state index contributed by atoms with van der Waals surface area (Å²) in [4.78, 5) is 37.4. The van der Waals surface area contributed by atoms with Crippen LogP contribution in [0.5, 0.6) is 0 Å². The Morgan fingerprint density at radius 2 is 0.635 bits per heavy atom. The lowest BCUT2D eigenvalue weighted by atomic mass is 10.0. The van der Waals surface area contributed by atoms with Crippen LogP contribution >= 0.6 is 0 Å². The summed E-state index contributed by atoms with van der Waals surface area (Å²) < 4.78 is 22.7. The number of rotatable bonds is 59. The first kappa shape index (κ1) is 79.7. The molecule has 0 N–H and O–H groups in total. The van der Waals surface area contributed by atoms with Gasteiger partial charge in [-0.3, -0.25) is 9.59 Å². The Balaban J connectivity index is 4.24. The van der Waals surface area contributed by atoms with Crippen molar-refractivity contribution in [2.75, 3.05) is 47.5 Å². The first-order valence-electron chi connectivity index (χ1n) is 33.3. The van der Waals surface area contributed by atoms with Crippen LogP contribution in [0.3, 0.4) is 0 Å². The highest BCUT2D eigenvalue weighted by molar-refractivity contribution is 5.70. The SMILES string of the molecule is CC/C=C\C/C=C\C/C=C\C/C=C\C/C=C\C/C=C\C/C=C\CCCCCCCCCCCCCCCC(=O)OC(COC(=O)CCCCC/C=C\C/C=C\C/C=C\C/C=C\C/C=C\C/C=C\C/C=C\CC)COC(OCC[N+](C)(C)C)C(=O)[O-]. The minimum absolute atomic E-state index is 0.133. The monoisotopic (exact) mass is 1180 g/mol. The number of allylic oxidation sites excluding steroid dienone is 28. The number of carbonyl (C=O) groups is 3. The third-order valence-electron chi connectivity index (χ3n) is 13.5. The molecule has 0 bridgehead atoms. The second kappa shape index (κ2) is 64.6. The van der Waals surface area contributed by atoms with Crippen LogP contribution in [0.15, 0.2) is 170 Å². The van der Waals surface area contributed by atoms with Crippen molar-refractivity contribution in [1.29, 1.82) is 0 Å². The number of nitrogens with zero attached hydrogens (tertiary/aromatic N) is 1. The summed E-state index contributed by atoms with van der Waals surface area (Å²) >= 11 is 0. The van der Waals surface area contributed by atoms with Crippen molar-refractivity contribution < 1.29 is 42.9 Å². The van der Waals surface area contributed by atoms with E-state index in [2.05, 4.69) is 184 Å². The maximum Gasteiger partial charge on any atom is 0.306 e. The normalized spacial score (nSPS) is 13.8. The number of aliphatic carboxylic acids is 1. The van der Waals surface area contributed by atoms with Crippen molar-refractivity contribution in [2.24, 2.45) is 0 Å². The summed E-state index contributed by atoms with van der Waals surface area (Å²) in [7, 11) is 5.90. The van der Waals surface area contributed by atoms with Crippen LogP contribution in [-0.4, -0.2) is 82.3 Å². The number of carboxylic acid groups (broad SMARTS) is 1. The molecule has 85 heavy (non-hydrogen) atoms. The number of likely N-dealkylation sites (N-methyl/N-ethyl adjacent to an activating group) is 1. The Labute approximate surface area is 520 Å². The Bertz CT molecular complexity index is 2000. The average Bonchev–Trinajstić information content (AvgIpc) is 3.48. The van der Waals surface area contributed by atoms with Crippen LogP contribution in [0.25, 0.3) is 0 Å². The van der Waals surface area contributed by atoms with Crippen molar-refractivity contribution >= 4 is 17.9 Å². The van der Waals surface area contributed by atoms with Gasteiger partial charge in [0.2, 0.25) is 0 Å². The second-order valence-electron chi connectivity index (χ2n) is 22.6. The molecule has 0 amide bonds. The largest absolute Gasteiger partial charge is 0.545 e. The van der Waals surface area contributed by atoms with Gasteiger partial charge < -0.3 is 33.3 Å². The van der Waals surface area contributed by atoms with Crippen LogP contribution in [-0.2, 0) is 33.3 Å². The fourth-order valence-corrected chi connectivity index (χ4v) is 8.44. The Kier molecular flexibility index (Phi) is 60.6. The molecule has 0 spiro atoms. The van der Waals surface area contributed by atoms with Crippen molar-refractivity contribution in [3.8, 4) is 0 Å². The lowest BCUT2D eigenvalue weighted by Gasteiger charge is -2.26. The van der Waals surface area contributed by atoms with E-state index in [1.165, 1.54) is 64.2 Å². The van der Waals surface area contributed by atoms with Crippen LogP contribution in [0.1, 0.15) is 232 Å². The molecule has 0 aromatic carbocycles. The first-order valence-corrected chi connectivity index (χ1v) is 33.3. The van der Waals surface area contributed by atoms with Crippen molar-refractivity contribution in [3.05, 3.63) is 170 Å². The van der Waals surface area contributed by atoms with Crippen molar-refractivity contribution in [2.45, 2.75) is 245 Å². The zero-order chi connectivity index (χ0) is 61.9. The lowest BCUT2D eigenvalue weighted by Crippen LogP contribution is -2.44. The van der Waals surface area contributed by atoms with Gasteiger partial charge in [-0.25, -0.2) is 0 Å². The highest BCUT2D eigenvalue weighted by Gasteiger charge is 2.22. The van der Waals surface area contributed by atoms with Gasteiger partial charge in [0.25, 0.3) is 0 Å². The molecule has 0 aliphatic carbocycles. The summed E-state index contributed by atoms with van der Waals surface area (Å²) in [5.41, 5.74) is 0. The number of carbonyl (C=O) groups excluding carboxylic acids is 3. The summed E-state index contributed by atoms with van der Waals surface area (Å²) in [5.74, 6) is -2.35. The van der Waals surface area contributed by atoms with E-state index in [9.17, 15) is 19.5 Å². The van der Waals surface area contributed by atoms with Crippen LogP contribution in [0.4, 0.5) is 0 Å². The van der Waals surface area contributed by atoms with Gasteiger partial charge in [0, 0.05) is 12.8 Å². The van der Waals surface area contributed by atoms with Gasteiger partial charge in [-0.1, -0.05) is 261 Å². The van der Waals surface area contributed by atoms with Gasteiger partial charge in [-0.05, 0) is 128 Å². The molecule has 478 valence electrons. The minimum atomic E-state index is -1.64. The average molecular weight is 1180 g/mol. The molecular formula is C76H121NO8. The summed E-state index contributed by atoms with van der Waals surface area (Å²) in [6.45, 7) is 4.46. The summed E-state index contributed by atoms with van der Waals surface area (Å²) in [5, 5.41) is 11.8. The fourth-order valence-electron chi connectivity index (χ4n) is 8.44. The third kappa shape index (κ3) is 66.0. The zero-order valence-corrected chi connectivity index (χ0v) is 54.4. The fraction of sp³-hybridized carbons (Fsp3) is 0.592. The summed E-state index contributed by atoms with van der Waals surface area (Å²) in [6, 6.07) is 0. The number of hydrogen-bond donors (Lipinski definition) is 0. The van der Waals surface area contributed by atoms with Gasteiger partial charge >= 0.3 is 11.9 Å². The van der Waals surface area contributed by atoms with E-state index in [0.29, 0.717) is 23.9 Å². The molecule has 0 heterocycles. The van der Waals surface area contributed by atoms with E-state index in [-0.39, 0.29) is 32.7 Å². The molecule has 2 atom stereocenters. The molecule has 0 saturated carbocycles. The van der Waals surface area contributed by atoms with Gasteiger partial charge in [-0.15, -0.1) is 0 Å². The molecule has 2 unspecified atom stereocenters. The van der Waals surface area contributed by atoms with E-state index in [1.54, 1.807) is 0 Å². The molecule has 0 radical (unpaired) electrons. The first-order chi connectivity index (χ1) is 41.6. The molecule has 0 rings (SSSR count). The van der Waals surface area contributed by atoms with Crippen LogP contribution in [0.2, 0.25) is 0 Å². The molecular weight excluding hydrogens is 1050 g/mol. The Morgan fingerprint density at radius 3 is 0.953 bits per heavy atom. The maximum absolute atomic E-state index is 12.9. The smallest absolute Gasteiger partial charge is 0.306 e. The number of esters is 2. The quantitative estimate of drug-likeness (QED) is 0.0195. The van der Waals surface area contributed by atoms with E-state index in [4.69, 9.17) is 18.9 Å². The molecule has 0 aromatic heterocycles. The third-order valence-corrected chi connectivity index (χ3v) is 13.5. The van der Waals surface area contributed by atoms with E-state index in [1.807, 2.05) is 21.1 Å². The predicted molar refractivity (Wildman–Crippen MR) is 361 cm³/mol. The van der Waals surface area contributed by atoms with E-state index < -0.39 is 30.3 Å². The number of quaternary nitrogens is 1. The highest BCUT2D eigenvalue weighted by Crippen LogP contribution is 2.15. The summed E-state index contributed by atoms with van der Waals surface area (Å²) in [6.07, 6.45) is 94.2. The number of ether oxygens (including phenoxy) is 4. The van der Waals surface area contributed by atoms with Gasteiger partial charge in [0.1, 0.15) is 13.2 Å². The molecule has 0 aromatic rings.